The van der Waals surface area contributed by atoms with Gasteiger partial charge in [-0.05, 0) is 32.4 Å². The highest BCUT2D eigenvalue weighted by Gasteiger charge is 2.56. The molecule has 1 aromatic rings. The highest BCUT2D eigenvalue weighted by atomic mass is 127. The van der Waals surface area contributed by atoms with Crippen LogP contribution in [-0.2, 0) is 10.4 Å². The molecule has 146 valence electrons. The average molecular weight is 487 g/mol. The smallest absolute Gasteiger partial charge is 0.421 e. The minimum Gasteiger partial charge on any atom is -0.496 e. The Morgan fingerprint density at radius 3 is 2.54 bits per heavy atom. The number of aliphatic hydroxyl groups is 1. The van der Waals surface area contributed by atoms with Gasteiger partial charge in [-0.2, -0.15) is 13.2 Å². The summed E-state index contributed by atoms with van der Waals surface area (Å²) < 4.78 is 50.2. The lowest BCUT2D eigenvalue weighted by Gasteiger charge is -2.32. The minimum absolute atomic E-state index is 0.00521. The lowest BCUT2D eigenvalue weighted by Crippen LogP contribution is -2.44. The SMILES string of the molecule is CCO/N=C(\C)CC(O)(c1cc(C)c(NC=NI)cc1OC)C(F)(F)F. The topological polar surface area (TPSA) is 75.4 Å². The van der Waals surface area contributed by atoms with E-state index in [0.29, 0.717) is 11.3 Å². The van der Waals surface area contributed by atoms with Gasteiger partial charge < -0.3 is 20.0 Å². The third-order valence-corrected chi connectivity index (χ3v) is 3.87. The number of ether oxygens (including phenoxy) is 1. The maximum Gasteiger partial charge on any atom is 0.421 e. The third-order valence-electron chi connectivity index (χ3n) is 3.59. The number of methoxy groups -OCH3 is 1. The fraction of sp³-hybridized carbons (Fsp3) is 0.500. The van der Waals surface area contributed by atoms with Crippen LogP contribution in [0.2, 0.25) is 0 Å². The number of anilines is 1. The molecule has 6 nitrogen and oxygen atoms in total. The van der Waals surface area contributed by atoms with Gasteiger partial charge in [-0.25, -0.2) is 3.21 Å². The van der Waals surface area contributed by atoms with Crippen LogP contribution in [0.25, 0.3) is 0 Å². The molecule has 0 spiro atoms. The normalized spacial score (nSPS) is 15.0. The van der Waals surface area contributed by atoms with Crippen LogP contribution in [0.15, 0.2) is 20.5 Å². The largest absolute Gasteiger partial charge is 0.496 e. The number of rotatable bonds is 8. The molecule has 10 heteroatoms. The predicted octanol–water partition coefficient (Wildman–Crippen LogP) is 4.35. The molecular formula is C16H21F3IN3O3. The molecule has 0 aliphatic heterocycles. The van der Waals surface area contributed by atoms with Crippen molar-refractivity contribution in [3.8, 4) is 5.75 Å². The van der Waals surface area contributed by atoms with Gasteiger partial charge in [0.15, 0.2) is 5.60 Å². The van der Waals surface area contributed by atoms with Crippen molar-refractivity contribution in [3.05, 3.63) is 23.3 Å². The van der Waals surface area contributed by atoms with E-state index in [0.717, 1.165) is 0 Å². The van der Waals surface area contributed by atoms with Crippen molar-refractivity contribution in [1.29, 1.82) is 0 Å². The Morgan fingerprint density at radius 1 is 1.38 bits per heavy atom. The van der Waals surface area contributed by atoms with Crippen LogP contribution < -0.4 is 10.1 Å². The number of benzene rings is 1. The van der Waals surface area contributed by atoms with Crippen LogP contribution in [0.4, 0.5) is 18.9 Å². The first kappa shape index (κ1) is 22.5. The molecule has 2 N–H and O–H groups in total. The number of nitrogens with zero attached hydrogens (tertiary/aromatic N) is 2. The molecule has 0 fully saturated rings. The molecule has 1 aromatic carbocycles. The molecule has 1 atom stereocenters. The number of halogens is 4. The van der Waals surface area contributed by atoms with Crippen LogP contribution in [0.3, 0.4) is 0 Å². The molecule has 0 bridgehead atoms. The average Bonchev–Trinajstić information content (AvgIpc) is 2.57. The first-order chi connectivity index (χ1) is 12.1. The first-order valence-corrected chi connectivity index (χ1v) is 8.60. The van der Waals surface area contributed by atoms with Crippen molar-refractivity contribution in [2.45, 2.75) is 39.0 Å². The molecule has 0 saturated carbocycles. The summed E-state index contributed by atoms with van der Waals surface area (Å²) in [5.41, 5.74) is -2.57. The van der Waals surface area contributed by atoms with Crippen LogP contribution >= 0.6 is 22.9 Å². The van der Waals surface area contributed by atoms with E-state index in [9.17, 15) is 18.3 Å². The second-order valence-corrected chi connectivity index (χ2v) is 6.07. The van der Waals surface area contributed by atoms with Crippen LogP contribution in [-0.4, -0.2) is 37.0 Å². The second kappa shape index (κ2) is 9.40. The number of nitrogens with one attached hydrogen (secondary N) is 1. The summed E-state index contributed by atoms with van der Waals surface area (Å²) >= 11 is 1.76. The summed E-state index contributed by atoms with van der Waals surface area (Å²) in [5, 5.41) is 17.0. The van der Waals surface area contributed by atoms with Crippen LogP contribution in [0.5, 0.6) is 5.75 Å². The number of oxime groups is 1. The molecule has 0 heterocycles. The lowest BCUT2D eigenvalue weighted by atomic mass is 9.86. The van der Waals surface area contributed by atoms with E-state index in [1.54, 1.807) is 36.7 Å². The Balaban J connectivity index is 3.49. The number of hydrogen-bond acceptors (Lipinski definition) is 5. The van der Waals surface area contributed by atoms with Gasteiger partial charge in [0.05, 0.1) is 42.0 Å². The summed E-state index contributed by atoms with van der Waals surface area (Å²) in [5.74, 6) is -0.107. The van der Waals surface area contributed by atoms with Crippen LogP contribution in [0, 0.1) is 6.92 Å². The molecule has 26 heavy (non-hydrogen) atoms. The Hall–Kier alpha value is -1.56. The quantitative estimate of drug-likeness (QED) is 0.248. The van der Waals surface area contributed by atoms with E-state index in [4.69, 9.17) is 9.57 Å². The van der Waals surface area contributed by atoms with Crippen molar-refractivity contribution in [3.63, 3.8) is 0 Å². The Kier molecular flexibility index (Phi) is 8.13. The van der Waals surface area contributed by atoms with Crippen molar-refractivity contribution in [2.24, 2.45) is 8.36 Å². The molecule has 0 saturated heterocycles. The van der Waals surface area contributed by atoms with E-state index >= 15 is 0 Å². The van der Waals surface area contributed by atoms with Gasteiger partial charge in [0, 0.05) is 23.7 Å². The fourth-order valence-electron chi connectivity index (χ4n) is 2.36. The first-order valence-electron chi connectivity index (χ1n) is 7.63. The zero-order valence-corrected chi connectivity index (χ0v) is 17.0. The predicted molar refractivity (Wildman–Crippen MR) is 103 cm³/mol. The summed E-state index contributed by atoms with van der Waals surface area (Å²) in [4.78, 5) is 4.79. The number of hydrogen-bond donors (Lipinski definition) is 2. The maximum absolute atomic E-state index is 13.8. The molecule has 0 aliphatic carbocycles. The van der Waals surface area contributed by atoms with Crippen molar-refractivity contribution in [2.75, 3.05) is 19.0 Å². The van der Waals surface area contributed by atoms with E-state index in [-0.39, 0.29) is 18.1 Å². The molecule has 0 aromatic heterocycles. The van der Waals surface area contributed by atoms with Crippen LogP contribution in [0.1, 0.15) is 31.4 Å². The Morgan fingerprint density at radius 2 is 2.04 bits per heavy atom. The Bertz CT molecular complexity index is 681. The molecule has 1 rings (SSSR count). The zero-order chi connectivity index (χ0) is 20.0. The van der Waals surface area contributed by atoms with E-state index in [1.165, 1.54) is 32.5 Å². The molecule has 0 amide bonds. The number of alkyl halides is 3. The second-order valence-electron chi connectivity index (χ2n) is 5.52. The summed E-state index contributed by atoms with van der Waals surface area (Å²) in [6.07, 6.45) is -4.35. The van der Waals surface area contributed by atoms with Gasteiger partial charge in [0.2, 0.25) is 0 Å². The molecular weight excluding hydrogens is 466 g/mol. The third kappa shape index (κ3) is 5.22. The van der Waals surface area contributed by atoms with E-state index < -0.39 is 23.8 Å². The lowest BCUT2D eigenvalue weighted by molar-refractivity contribution is -0.264. The van der Waals surface area contributed by atoms with Gasteiger partial charge in [-0.3, -0.25) is 0 Å². The van der Waals surface area contributed by atoms with Gasteiger partial charge in [-0.1, -0.05) is 5.16 Å². The fourth-order valence-corrected chi connectivity index (χ4v) is 2.49. The minimum atomic E-state index is -4.95. The molecule has 0 radical (unpaired) electrons. The van der Waals surface area contributed by atoms with Gasteiger partial charge in [-0.15, -0.1) is 0 Å². The summed E-state index contributed by atoms with van der Waals surface area (Å²) in [6.45, 7) is 4.84. The summed E-state index contributed by atoms with van der Waals surface area (Å²) in [6, 6.07) is 2.62. The van der Waals surface area contributed by atoms with E-state index in [1.807, 2.05) is 0 Å². The highest BCUT2D eigenvalue weighted by Crippen LogP contribution is 2.46. The van der Waals surface area contributed by atoms with Gasteiger partial charge >= 0.3 is 6.18 Å². The van der Waals surface area contributed by atoms with Gasteiger partial charge in [0.25, 0.3) is 0 Å². The zero-order valence-electron chi connectivity index (χ0n) is 14.8. The molecule has 1 unspecified atom stereocenters. The van der Waals surface area contributed by atoms with Crippen molar-refractivity contribution >= 4 is 40.6 Å². The maximum atomic E-state index is 13.8. The summed E-state index contributed by atoms with van der Waals surface area (Å²) in [7, 11) is 1.24. The van der Waals surface area contributed by atoms with Crippen molar-refractivity contribution < 1.29 is 27.9 Å². The number of aryl methyl sites for hydroxylation is 1. The van der Waals surface area contributed by atoms with Gasteiger partial charge in [0.1, 0.15) is 12.4 Å². The Labute approximate surface area is 164 Å². The van der Waals surface area contributed by atoms with E-state index in [2.05, 4.69) is 13.7 Å². The molecule has 0 aliphatic rings. The van der Waals surface area contributed by atoms with Crippen molar-refractivity contribution in [1.82, 2.24) is 0 Å². The standard InChI is InChI=1S/C16H21F3IN3O3/c1-5-26-23-11(3)8-15(24,16(17,18)19)12-6-10(2)13(21-9-22-20)7-14(12)25-4/h6-7,9,24H,5,8H2,1-4H3,(H,21,22)/b23-11+. The highest BCUT2D eigenvalue weighted by molar-refractivity contribution is 14.1. The monoisotopic (exact) mass is 487 g/mol.